The van der Waals surface area contributed by atoms with E-state index in [0.717, 1.165) is 4.67 Å². The molecular weight excluding hydrogens is 287 g/mol. The number of β-lactam (4-membered cyclic amide) rings is 1. The van der Waals surface area contributed by atoms with Crippen LogP contribution in [0.3, 0.4) is 0 Å². The normalized spacial score (nSPS) is 23.3. The Morgan fingerprint density at radius 1 is 1.30 bits per heavy atom. The fourth-order valence-corrected chi connectivity index (χ4v) is 3.27. The third-order valence-electron chi connectivity index (χ3n) is 2.76. The zero-order valence-corrected chi connectivity index (χ0v) is 13.4. The number of carbonyl (C=O) groups excluding carboxylic acids is 2. The van der Waals surface area contributed by atoms with Crippen molar-refractivity contribution in [1.82, 2.24) is 9.99 Å². The number of hydrogen-bond acceptors (Lipinski definition) is 6. The van der Waals surface area contributed by atoms with Gasteiger partial charge >= 0.3 is 13.8 Å². The van der Waals surface area contributed by atoms with Gasteiger partial charge in [-0.15, -0.1) is 0 Å². The zero-order chi connectivity index (χ0) is 15.7. The topological polar surface area (TPSA) is 94.2 Å². The van der Waals surface area contributed by atoms with Crippen LogP contribution in [-0.4, -0.2) is 48.6 Å². The predicted molar refractivity (Wildman–Crippen MR) is 71.1 cm³/mol. The summed E-state index contributed by atoms with van der Waals surface area (Å²) >= 11 is 0. The summed E-state index contributed by atoms with van der Waals surface area (Å²) in [5, 5.41) is 2.44. The number of carbonyl (C=O) groups is 2. The van der Waals surface area contributed by atoms with Crippen molar-refractivity contribution < 1.29 is 27.9 Å². The number of ether oxygens (including phenoxy) is 1. The van der Waals surface area contributed by atoms with E-state index >= 15 is 0 Å². The van der Waals surface area contributed by atoms with Crippen LogP contribution in [0.2, 0.25) is 0 Å². The molecule has 1 rings (SSSR count). The van der Waals surface area contributed by atoms with Crippen molar-refractivity contribution in [3.8, 4) is 0 Å². The summed E-state index contributed by atoms with van der Waals surface area (Å²) in [6.45, 7) is 6.78. The van der Waals surface area contributed by atoms with Crippen LogP contribution < -0.4 is 5.32 Å². The highest BCUT2D eigenvalue weighted by Crippen LogP contribution is 2.55. The fraction of sp³-hybridized carbons (Fsp3) is 0.818. The fourth-order valence-electron chi connectivity index (χ4n) is 1.82. The molecule has 0 unspecified atom stereocenters. The maximum absolute atomic E-state index is 12.1. The molecule has 1 heterocycles. The van der Waals surface area contributed by atoms with Gasteiger partial charge in [-0.25, -0.2) is 14.0 Å². The van der Waals surface area contributed by atoms with Gasteiger partial charge in [-0.2, -0.15) is 0 Å². The number of hydrogen-bond donors (Lipinski definition) is 1. The lowest BCUT2D eigenvalue weighted by Crippen LogP contribution is -2.68. The molecule has 1 aliphatic rings. The highest BCUT2D eigenvalue weighted by atomic mass is 31.2. The van der Waals surface area contributed by atoms with Gasteiger partial charge < -0.3 is 10.1 Å². The second kappa shape index (κ2) is 5.71. The van der Waals surface area contributed by atoms with Crippen molar-refractivity contribution >= 4 is 19.7 Å². The van der Waals surface area contributed by atoms with Crippen molar-refractivity contribution in [2.45, 2.75) is 45.4 Å². The van der Waals surface area contributed by atoms with E-state index < -0.39 is 37.4 Å². The average molecular weight is 308 g/mol. The Bertz CT molecular complexity index is 439. The molecule has 0 aromatic heterocycles. The van der Waals surface area contributed by atoms with Crippen LogP contribution in [0, 0.1) is 0 Å². The maximum atomic E-state index is 12.1. The first-order chi connectivity index (χ1) is 9.05. The molecule has 1 aliphatic heterocycles. The van der Waals surface area contributed by atoms with Gasteiger partial charge in [0, 0.05) is 14.2 Å². The van der Waals surface area contributed by atoms with Crippen LogP contribution in [-0.2, 0) is 23.1 Å². The molecule has 0 bridgehead atoms. The predicted octanol–water partition coefficient (Wildman–Crippen LogP) is 1.51. The minimum absolute atomic E-state index is 0.513. The van der Waals surface area contributed by atoms with E-state index in [9.17, 15) is 14.2 Å². The Labute approximate surface area is 118 Å². The number of nitrogens with zero attached hydrogens (tertiary/aromatic N) is 1. The average Bonchev–Trinajstić information content (AvgIpc) is 2.34. The first kappa shape index (κ1) is 16.9. The first-order valence-corrected chi connectivity index (χ1v) is 7.60. The molecule has 0 spiro atoms. The Morgan fingerprint density at radius 2 is 1.80 bits per heavy atom. The van der Waals surface area contributed by atoms with Gasteiger partial charge in [0.05, 0.1) is 6.04 Å². The Hall–Kier alpha value is -1.11. The Balaban J connectivity index is 2.69. The molecule has 9 heteroatoms. The van der Waals surface area contributed by atoms with Gasteiger partial charge in [0.25, 0.3) is 5.91 Å². The number of amides is 2. The van der Waals surface area contributed by atoms with Crippen molar-refractivity contribution in [2.24, 2.45) is 0 Å². The molecule has 2 atom stereocenters. The van der Waals surface area contributed by atoms with Crippen LogP contribution in [0.25, 0.3) is 0 Å². The van der Waals surface area contributed by atoms with Crippen LogP contribution in [0.1, 0.15) is 27.7 Å². The summed E-state index contributed by atoms with van der Waals surface area (Å²) in [5.74, 6) is -0.532. The smallest absolute Gasteiger partial charge is 0.437 e. The highest BCUT2D eigenvalue weighted by Gasteiger charge is 2.55. The summed E-state index contributed by atoms with van der Waals surface area (Å²) in [5.41, 5.74) is -0.659. The molecule has 2 amide bonds. The third kappa shape index (κ3) is 3.31. The van der Waals surface area contributed by atoms with Gasteiger partial charge in [-0.05, 0) is 27.7 Å². The largest absolute Gasteiger partial charge is 0.444 e. The van der Waals surface area contributed by atoms with Crippen LogP contribution in [0.5, 0.6) is 0 Å². The minimum atomic E-state index is -3.63. The summed E-state index contributed by atoms with van der Waals surface area (Å²) in [7, 11) is -1.24. The monoisotopic (exact) mass is 308 g/mol. The lowest BCUT2D eigenvalue weighted by Gasteiger charge is -2.46. The Morgan fingerprint density at radius 3 is 2.15 bits per heavy atom. The van der Waals surface area contributed by atoms with E-state index in [0.29, 0.717) is 0 Å². The van der Waals surface area contributed by atoms with Crippen LogP contribution >= 0.6 is 7.75 Å². The first-order valence-electron chi connectivity index (χ1n) is 6.10. The number of rotatable bonds is 4. The van der Waals surface area contributed by atoms with Crippen molar-refractivity contribution in [1.29, 1.82) is 0 Å². The van der Waals surface area contributed by atoms with Gasteiger partial charge in [-0.3, -0.25) is 13.8 Å². The van der Waals surface area contributed by atoms with Crippen molar-refractivity contribution in [2.75, 3.05) is 14.2 Å². The SMILES string of the molecule is COP(=O)(OC)N1C(=O)[C@@H](NC(=O)OC(C)(C)C)[C@H]1C. The second-order valence-corrected chi connectivity index (χ2v) is 7.48. The summed E-state index contributed by atoms with van der Waals surface area (Å²) < 4.78 is 27.7. The van der Waals surface area contributed by atoms with E-state index in [-0.39, 0.29) is 0 Å². The molecule has 0 aliphatic carbocycles. The standard InChI is InChI=1S/C11H21N2O6P/c1-7-8(12-10(15)19-11(2,3)4)9(14)13(7)20(16,17-5)18-6/h7-8H,1-6H3,(H,12,15)/t7-,8+/m1/s1. The summed E-state index contributed by atoms with van der Waals surface area (Å²) in [6, 6.07) is -1.32. The van der Waals surface area contributed by atoms with Gasteiger partial charge in [0.1, 0.15) is 11.6 Å². The Kier molecular flexibility index (Phi) is 4.84. The van der Waals surface area contributed by atoms with Crippen molar-refractivity contribution in [3.05, 3.63) is 0 Å². The van der Waals surface area contributed by atoms with Crippen LogP contribution in [0.4, 0.5) is 4.79 Å². The third-order valence-corrected chi connectivity index (χ3v) is 4.77. The molecule has 1 N–H and O–H groups in total. The molecule has 20 heavy (non-hydrogen) atoms. The number of alkyl carbamates (subject to hydrolysis) is 1. The van der Waals surface area contributed by atoms with Gasteiger partial charge in [0.15, 0.2) is 0 Å². The van der Waals surface area contributed by atoms with Gasteiger partial charge in [-0.1, -0.05) is 0 Å². The molecule has 0 aromatic carbocycles. The lowest BCUT2D eigenvalue weighted by molar-refractivity contribution is -0.143. The number of nitrogens with one attached hydrogen (secondary N) is 1. The van der Waals surface area contributed by atoms with E-state index in [1.54, 1.807) is 27.7 Å². The second-order valence-electron chi connectivity index (χ2n) is 5.38. The molecule has 116 valence electrons. The van der Waals surface area contributed by atoms with Crippen molar-refractivity contribution in [3.63, 3.8) is 0 Å². The van der Waals surface area contributed by atoms with Gasteiger partial charge in [0.2, 0.25) is 0 Å². The molecule has 0 saturated carbocycles. The zero-order valence-electron chi connectivity index (χ0n) is 12.5. The molecular formula is C11H21N2O6P. The molecule has 1 fully saturated rings. The van der Waals surface area contributed by atoms with Crippen LogP contribution in [0.15, 0.2) is 0 Å². The van der Waals surface area contributed by atoms with E-state index in [2.05, 4.69) is 5.32 Å². The minimum Gasteiger partial charge on any atom is -0.444 e. The molecule has 8 nitrogen and oxygen atoms in total. The molecule has 0 radical (unpaired) electrons. The molecule has 0 aromatic rings. The highest BCUT2D eigenvalue weighted by molar-refractivity contribution is 7.52. The maximum Gasteiger partial charge on any atom is 0.437 e. The van der Waals surface area contributed by atoms with E-state index in [4.69, 9.17) is 13.8 Å². The summed E-state index contributed by atoms with van der Waals surface area (Å²) in [4.78, 5) is 23.6. The molecule has 1 saturated heterocycles. The van der Waals surface area contributed by atoms with E-state index in [1.165, 1.54) is 14.2 Å². The van der Waals surface area contributed by atoms with E-state index in [1.807, 2.05) is 0 Å². The lowest BCUT2D eigenvalue weighted by atomic mass is 10.0. The summed E-state index contributed by atoms with van der Waals surface area (Å²) in [6.07, 6.45) is -0.702. The quantitative estimate of drug-likeness (QED) is 0.625.